The van der Waals surface area contributed by atoms with Crippen LogP contribution >= 0.6 is 11.3 Å². The average molecular weight is 368 g/mol. The molecule has 5 nitrogen and oxygen atoms in total. The number of fused-ring (bicyclic) bond motifs is 1. The monoisotopic (exact) mass is 368 g/mol. The van der Waals surface area contributed by atoms with E-state index < -0.39 is 0 Å². The van der Waals surface area contributed by atoms with E-state index in [1.54, 1.807) is 4.90 Å². The molecule has 2 heterocycles. The summed E-state index contributed by atoms with van der Waals surface area (Å²) >= 11 is 1.52. The summed E-state index contributed by atoms with van der Waals surface area (Å²) in [7, 11) is 0. The van der Waals surface area contributed by atoms with Gasteiger partial charge in [0.25, 0.3) is 5.91 Å². The summed E-state index contributed by atoms with van der Waals surface area (Å²) < 4.78 is 12.5. The number of aromatic nitrogens is 1. The number of anilines is 1. The van der Waals surface area contributed by atoms with Crippen molar-refractivity contribution in [3.8, 4) is 5.75 Å². The van der Waals surface area contributed by atoms with E-state index in [1.807, 2.05) is 54.6 Å². The van der Waals surface area contributed by atoms with Crippen molar-refractivity contribution in [2.75, 3.05) is 24.7 Å². The lowest BCUT2D eigenvalue weighted by Crippen LogP contribution is -2.40. The van der Waals surface area contributed by atoms with Gasteiger partial charge in [-0.15, -0.1) is 0 Å². The number of rotatable bonds is 6. The molecule has 1 atom stereocenters. The van der Waals surface area contributed by atoms with E-state index >= 15 is 0 Å². The summed E-state index contributed by atoms with van der Waals surface area (Å²) in [6.45, 7) is 1.25. The number of ether oxygens (including phenoxy) is 2. The lowest BCUT2D eigenvalue weighted by Gasteiger charge is -2.23. The lowest BCUT2D eigenvalue weighted by molar-refractivity contribution is -0.120. The zero-order chi connectivity index (χ0) is 17.8. The molecule has 0 bridgehead atoms. The molecule has 0 N–H and O–H groups in total. The highest BCUT2D eigenvalue weighted by atomic mass is 32.1. The Morgan fingerprint density at radius 2 is 2.00 bits per heavy atom. The van der Waals surface area contributed by atoms with E-state index in [1.165, 1.54) is 11.3 Å². The van der Waals surface area contributed by atoms with E-state index in [-0.39, 0.29) is 18.6 Å². The summed E-state index contributed by atoms with van der Waals surface area (Å²) in [5, 5.41) is 0.698. The highest BCUT2D eigenvalue weighted by Crippen LogP contribution is 2.30. The third-order valence-electron chi connectivity index (χ3n) is 4.33. The summed E-state index contributed by atoms with van der Waals surface area (Å²) in [6, 6.07) is 17.3. The second kappa shape index (κ2) is 7.85. The van der Waals surface area contributed by atoms with Crippen molar-refractivity contribution in [3.05, 3.63) is 54.6 Å². The van der Waals surface area contributed by atoms with Crippen molar-refractivity contribution in [3.63, 3.8) is 0 Å². The summed E-state index contributed by atoms with van der Waals surface area (Å²) in [4.78, 5) is 19.2. The number of para-hydroxylation sites is 2. The first-order valence-corrected chi connectivity index (χ1v) is 9.56. The SMILES string of the molecule is O=C(COc1ccccc1)N(C[C@H]1CCCO1)c1nc2ccccc2s1. The molecule has 1 amide bonds. The predicted molar refractivity (Wildman–Crippen MR) is 103 cm³/mol. The predicted octanol–water partition coefficient (Wildman–Crippen LogP) is 3.89. The maximum atomic E-state index is 12.9. The standard InChI is InChI=1S/C20H20N2O3S/c23-19(14-25-15-7-2-1-3-8-15)22(13-16-9-6-12-24-16)20-21-17-10-4-5-11-18(17)26-20/h1-5,7-8,10-11,16H,6,9,12-14H2/t16-/m1/s1. The van der Waals surface area contributed by atoms with Gasteiger partial charge in [-0.2, -0.15) is 0 Å². The van der Waals surface area contributed by atoms with Gasteiger partial charge in [0.1, 0.15) is 5.75 Å². The molecule has 3 aromatic rings. The third-order valence-corrected chi connectivity index (χ3v) is 5.39. The molecule has 6 heteroatoms. The molecule has 1 aliphatic rings. The largest absolute Gasteiger partial charge is 0.484 e. The van der Waals surface area contributed by atoms with Gasteiger partial charge in [-0.05, 0) is 37.1 Å². The highest BCUT2D eigenvalue weighted by Gasteiger charge is 2.26. The molecular weight excluding hydrogens is 348 g/mol. The number of carbonyl (C=O) groups excluding carboxylic acids is 1. The van der Waals surface area contributed by atoms with Gasteiger partial charge < -0.3 is 9.47 Å². The smallest absolute Gasteiger partial charge is 0.266 e. The van der Waals surface area contributed by atoms with Crippen LogP contribution in [0, 0.1) is 0 Å². The van der Waals surface area contributed by atoms with Crippen molar-refractivity contribution in [1.29, 1.82) is 0 Å². The number of thiazole rings is 1. The van der Waals surface area contributed by atoms with E-state index in [4.69, 9.17) is 9.47 Å². The molecule has 1 fully saturated rings. The molecular formula is C20H20N2O3S. The van der Waals surface area contributed by atoms with Crippen LogP contribution in [-0.2, 0) is 9.53 Å². The molecule has 1 saturated heterocycles. The van der Waals surface area contributed by atoms with Gasteiger partial charge in [-0.1, -0.05) is 41.7 Å². The Bertz CT molecular complexity index is 842. The summed E-state index contributed by atoms with van der Waals surface area (Å²) in [5.41, 5.74) is 0.904. The maximum absolute atomic E-state index is 12.9. The molecule has 1 aromatic heterocycles. The highest BCUT2D eigenvalue weighted by molar-refractivity contribution is 7.22. The molecule has 0 radical (unpaired) electrons. The fourth-order valence-corrected chi connectivity index (χ4v) is 3.99. The molecule has 0 unspecified atom stereocenters. The minimum Gasteiger partial charge on any atom is -0.484 e. The number of benzene rings is 2. The molecule has 0 aliphatic carbocycles. The Balaban J connectivity index is 1.54. The third kappa shape index (κ3) is 3.86. The van der Waals surface area contributed by atoms with Gasteiger partial charge in [-0.25, -0.2) is 4.98 Å². The van der Waals surface area contributed by atoms with Gasteiger partial charge in [0.2, 0.25) is 0 Å². The summed E-state index contributed by atoms with van der Waals surface area (Å²) in [6.07, 6.45) is 2.06. The van der Waals surface area contributed by atoms with Crippen LogP contribution in [0.1, 0.15) is 12.8 Å². The topological polar surface area (TPSA) is 51.7 Å². The van der Waals surface area contributed by atoms with Crippen molar-refractivity contribution in [1.82, 2.24) is 4.98 Å². The first kappa shape index (κ1) is 17.0. The van der Waals surface area contributed by atoms with E-state index in [9.17, 15) is 4.79 Å². The van der Waals surface area contributed by atoms with Gasteiger partial charge in [0, 0.05) is 6.61 Å². The number of carbonyl (C=O) groups is 1. The van der Waals surface area contributed by atoms with Gasteiger partial charge in [0.05, 0.1) is 22.9 Å². The van der Waals surface area contributed by atoms with Crippen LogP contribution in [0.2, 0.25) is 0 Å². The van der Waals surface area contributed by atoms with Crippen LogP contribution in [0.5, 0.6) is 5.75 Å². The number of hydrogen-bond donors (Lipinski definition) is 0. The van der Waals surface area contributed by atoms with Crippen LogP contribution < -0.4 is 9.64 Å². The van der Waals surface area contributed by atoms with Crippen LogP contribution in [0.3, 0.4) is 0 Å². The maximum Gasteiger partial charge on any atom is 0.266 e. The molecule has 2 aromatic carbocycles. The minimum atomic E-state index is -0.108. The van der Waals surface area contributed by atoms with E-state index in [0.29, 0.717) is 17.4 Å². The molecule has 134 valence electrons. The second-order valence-electron chi connectivity index (χ2n) is 6.21. The zero-order valence-corrected chi connectivity index (χ0v) is 15.2. The molecule has 0 spiro atoms. The quantitative estimate of drug-likeness (QED) is 0.662. The minimum absolute atomic E-state index is 0.0212. The molecule has 26 heavy (non-hydrogen) atoms. The van der Waals surface area contributed by atoms with E-state index in [2.05, 4.69) is 4.98 Å². The zero-order valence-electron chi connectivity index (χ0n) is 14.3. The Hall–Kier alpha value is -2.44. The first-order chi connectivity index (χ1) is 12.8. The fourth-order valence-electron chi connectivity index (χ4n) is 2.99. The van der Waals surface area contributed by atoms with Crippen molar-refractivity contribution < 1.29 is 14.3 Å². The van der Waals surface area contributed by atoms with Crippen LogP contribution in [0.25, 0.3) is 10.2 Å². The first-order valence-electron chi connectivity index (χ1n) is 8.75. The Morgan fingerprint density at radius 3 is 2.77 bits per heavy atom. The van der Waals surface area contributed by atoms with Gasteiger partial charge in [0.15, 0.2) is 11.7 Å². The molecule has 0 saturated carbocycles. The second-order valence-corrected chi connectivity index (χ2v) is 7.21. The number of hydrogen-bond acceptors (Lipinski definition) is 5. The Labute approximate surface area is 156 Å². The fraction of sp³-hybridized carbons (Fsp3) is 0.300. The van der Waals surface area contributed by atoms with E-state index in [0.717, 1.165) is 29.7 Å². The Morgan fingerprint density at radius 1 is 1.19 bits per heavy atom. The average Bonchev–Trinajstić information content (AvgIpc) is 3.34. The van der Waals surface area contributed by atoms with Crippen LogP contribution in [-0.4, -0.2) is 36.8 Å². The molecule has 1 aliphatic heterocycles. The van der Waals surface area contributed by atoms with Crippen molar-refractivity contribution in [2.24, 2.45) is 0 Å². The van der Waals surface area contributed by atoms with Gasteiger partial charge in [-0.3, -0.25) is 9.69 Å². The normalized spacial score (nSPS) is 16.7. The summed E-state index contributed by atoms with van der Waals surface area (Å²) in [5.74, 6) is 0.575. The van der Waals surface area contributed by atoms with Crippen LogP contribution in [0.15, 0.2) is 54.6 Å². The van der Waals surface area contributed by atoms with Crippen molar-refractivity contribution >= 4 is 32.6 Å². The van der Waals surface area contributed by atoms with Crippen LogP contribution in [0.4, 0.5) is 5.13 Å². The number of nitrogens with zero attached hydrogens (tertiary/aromatic N) is 2. The lowest BCUT2D eigenvalue weighted by atomic mass is 10.2. The Kier molecular flexibility index (Phi) is 5.13. The van der Waals surface area contributed by atoms with Crippen molar-refractivity contribution in [2.45, 2.75) is 18.9 Å². The van der Waals surface area contributed by atoms with Gasteiger partial charge >= 0.3 is 0 Å². The molecule has 4 rings (SSSR count). The number of amides is 1.